The van der Waals surface area contributed by atoms with Gasteiger partial charge in [-0.2, -0.15) is 0 Å². The SMILES string of the molecule is CC(=O)c1ccc(S(=O)(=O)N[C@H](C)CO)cc1. The molecule has 0 saturated heterocycles. The summed E-state index contributed by atoms with van der Waals surface area (Å²) in [5, 5.41) is 8.79. The summed E-state index contributed by atoms with van der Waals surface area (Å²) in [5.41, 5.74) is 0.458. The van der Waals surface area contributed by atoms with Crippen LogP contribution in [0.2, 0.25) is 0 Å². The van der Waals surface area contributed by atoms with Gasteiger partial charge in [0.15, 0.2) is 5.78 Å². The molecule has 0 spiro atoms. The van der Waals surface area contributed by atoms with Gasteiger partial charge in [0.25, 0.3) is 0 Å². The maximum atomic E-state index is 11.8. The van der Waals surface area contributed by atoms with Gasteiger partial charge >= 0.3 is 0 Å². The maximum Gasteiger partial charge on any atom is 0.240 e. The van der Waals surface area contributed by atoms with Crippen LogP contribution in [0.5, 0.6) is 0 Å². The molecule has 0 aliphatic carbocycles. The molecule has 0 aliphatic heterocycles. The molecule has 0 saturated carbocycles. The second-order valence-corrected chi connectivity index (χ2v) is 5.50. The van der Waals surface area contributed by atoms with Gasteiger partial charge in [0.1, 0.15) is 0 Å². The summed E-state index contributed by atoms with van der Waals surface area (Å²) in [6.07, 6.45) is 0. The van der Waals surface area contributed by atoms with Gasteiger partial charge < -0.3 is 5.11 Å². The van der Waals surface area contributed by atoms with E-state index in [1.165, 1.54) is 31.2 Å². The third-order valence-electron chi connectivity index (χ3n) is 2.20. The van der Waals surface area contributed by atoms with Crippen molar-refractivity contribution in [1.29, 1.82) is 0 Å². The standard InChI is InChI=1S/C11H15NO4S/c1-8(7-13)12-17(15,16)11-5-3-10(4-6-11)9(2)14/h3-6,8,12-13H,7H2,1-2H3/t8-/m1/s1. The molecule has 17 heavy (non-hydrogen) atoms. The van der Waals surface area contributed by atoms with Gasteiger partial charge in [0, 0.05) is 11.6 Å². The van der Waals surface area contributed by atoms with Crippen LogP contribution in [0.25, 0.3) is 0 Å². The molecular formula is C11H15NO4S. The number of sulfonamides is 1. The molecule has 1 atom stereocenters. The smallest absolute Gasteiger partial charge is 0.240 e. The van der Waals surface area contributed by atoms with E-state index in [4.69, 9.17) is 5.11 Å². The van der Waals surface area contributed by atoms with Gasteiger partial charge in [0.05, 0.1) is 11.5 Å². The number of aliphatic hydroxyl groups excluding tert-OH is 1. The number of carbonyl (C=O) groups excluding carboxylic acids is 1. The first kappa shape index (κ1) is 13.8. The minimum Gasteiger partial charge on any atom is -0.395 e. The van der Waals surface area contributed by atoms with Crippen LogP contribution < -0.4 is 4.72 Å². The van der Waals surface area contributed by atoms with E-state index >= 15 is 0 Å². The summed E-state index contributed by atoms with van der Waals surface area (Å²) >= 11 is 0. The van der Waals surface area contributed by atoms with E-state index in [0.29, 0.717) is 5.56 Å². The second-order valence-electron chi connectivity index (χ2n) is 3.79. The molecule has 0 heterocycles. The fourth-order valence-corrected chi connectivity index (χ4v) is 2.47. The highest BCUT2D eigenvalue weighted by Gasteiger charge is 2.16. The molecule has 0 aliphatic rings. The van der Waals surface area contributed by atoms with Gasteiger partial charge in [-0.15, -0.1) is 0 Å². The minimum atomic E-state index is -3.64. The topological polar surface area (TPSA) is 83.5 Å². The first-order valence-corrected chi connectivity index (χ1v) is 6.59. The van der Waals surface area contributed by atoms with Gasteiger partial charge in [-0.3, -0.25) is 4.79 Å². The van der Waals surface area contributed by atoms with Crippen LogP contribution in [-0.4, -0.2) is 32.0 Å². The largest absolute Gasteiger partial charge is 0.395 e. The Labute approximate surface area is 101 Å². The molecule has 1 rings (SSSR count). The maximum absolute atomic E-state index is 11.8. The average molecular weight is 257 g/mol. The van der Waals surface area contributed by atoms with Crippen molar-refractivity contribution in [1.82, 2.24) is 4.72 Å². The van der Waals surface area contributed by atoms with Crippen molar-refractivity contribution >= 4 is 15.8 Å². The van der Waals surface area contributed by atoms with Gasteiger partial charge in [0.2, 0.25) is 10.0 Å². The third-order valence-corrected chi connectivity index (χ3v) is 3.81. The summed E-state index contributed by atoms with van der Waals surface area (Å²) in [7, 11) is -3.64. The van der Waals surface area contributed by atoms with Crippen molar-refractivity contribution in [2.24, 2.45) is 0 Å². The molecule has 6 heteroatoms. The first-order chi connectivity index (χ1) is 7.86. The number of nitrogens with one attached hydrogen (secondary N) is 1. The van der Waals surface area contributed by atoms with E-state index in [2.05, 4.69) is 4.72 Å². The lowest BCUT2D eigenvalue weighted by Gasteiger charge is -2.11. The van der Waals surface area contributed by atoms with E-state index in [1.807, 2.05) is 0 Å². The summed E-state index contributed by atoms with van der Waals surface area (Å²) in [6, 6.07) is 5.10. The Kier molecular flexibility index (Phi) is 4.39. The molecule has 94 valence electrons. The molecule has 0 amide bonds. The zero-order chi connectivity index (χ0) is 13.1. The number of hydrogen-bond acceptors (Lipinski definition) is 4. The number of Topliss-reactive ketones (excluding diaryl/α,β-unsaturated/α-hetero) is 1. The average Bonchev–Trinajstić information content (AvgIpc) is 2.28. The predicted molar refractivity (Wildman–Crippen MR) is 63.3 cm³/mol. The highest BCUT2D eigenvalue weighted by molar-refractivity contribution is 7.89. The van der Waals surface area contributed by atoms with Crippen LogP contribution in [0, 0.1) is 0 Å². The number of benzene rings is 1. The van der Waals surface area contributed by atoms with Gasteiger partial charge in [-0.05, 0) is 26.0 Å². The normalized spacial score (nSPS) is 13.4. The number of carbonyl (C=O) groups is 1. The molecule has 2 N–H and O–H groups in total. The lowest BCUT2D eigenvalue weighted by molar-refractivity contribution is 0.101. The Morgan fingerprint density at radius 3 is 2.29 bits per heavy atom. The van der Waals surface area contributed by atoms with Crippen LogP contribution in [0.3, 0.4) is 0 Å². The van der Waals surface area contributed by atoms with Crippen molar-refractivity contribution in [3.8, 4) is 0 Å². The highest BCUT2D eigenvalue weighted by atomic mass is 32.2. The van der Waals surface area contributed by atoms with Crippen LogP contribution in [0.4, 0.5) is 0 Å². The lowest BCUT2D eigenvalue weighted by Crippen LogP contribution is -2.34. The molecule has 1 aromatic carbocycles. The molecule has 0 aromatic heterocycles. The fourth-order valence-electron chi connectivity index (χ4n) is 1.24. The first-order valence-electron chi connectivity index (χ1n) is 5.11. The number of aliphatic hydroxyl groups is 1. The number of ketones is 1. The second kappa shape index (κ2) is 5.39. The van der Waals surface area contributed by atoms with E-state index in [0.717, 1.165) is 0 Å². The van der Waals surface area contributed by atoms with Crippen LogP contribution in [0.15, 0.2) is 29.2 Å². The Morgan fingerprint density at radius 2 is 1.88 bits per heavy atom. The summed E-state index contributed by atoms with van der Waals surface area (Å²) in [6.45, 7) is 2.70. The van der Waals surface area contributed by atoms with E-state index in [9.17, 15) is 13.2 Å². The van der Waals surface area contributed by atoms with Gasteiger partial charge in [-0.25, -0.2) is 13.1 Å². The van der Waals surface area contributed by atoms with Crippen molar-refractivity contribution in [3.05, 3.63) is 29.8 Å². The van der Waals surface area contributed by atoms with E-state index < -0.39 is 16.1 Å². The Balaban J connectivity index is 2.96. The molecule has 1 aromatic rings. The van der Waals surface area contributed by atoms with Crippen molar-refractivity contribution in [2.45, 2.75) is 24.8 Å². The number of hydrogen-bond donors (Lipinski definition) is 2. The van der Waals surface area contributed by atoms with Crippen LogP contribution >= 0.6 is 0 Å². The van der Waals surface area contributed by atoms with Crippen LogP contribution in [-0.2, 0) is 10.0 Å². The quantitative estimate of drug-likeness (QED) is 0.754. The highest BCUT2D eigenvalue weighted by Crippen LogP contribution is 2.11. The molecule has 0 bridgehead atoms. The third kappa shape index (κ3) is 3.62. The number of rotatable bonds is 5. The summed E-state index contributed by atoms with van der Waals surface area (Å²) in [5.74, 6) is -0.120. The molecular weight excluding hydrogens is 242 g/mol. The Hall–Kier alpha value is -1.24. The van der Waals surface area contributed by atoms with Crippen LogP contribution in [0.1, 0.15) is 24.2 Å². The van der Waals surface area contributed by atoms with Crippen molar-refractivity contribution in [3.63, 3.8) is 0 Å². The monoisotopic (exact) mass is 257 g/mol. The Bertz CT molecular complexity index is 493. The molecule has 5 nitrogen and oxygen atoms in total. The fraction of sp³-hybridized carbons (Fsp3) is 0.364. The van der Waals surface area contributed by atoms with Crippen molar-refractivity contribution in [2.75, 3.05) is 6.61 Å². The Morgan fingerprint density at radius 1 is 1.35 bits per heavy atom. The summed E-state index contributed by atoms with van der Waals surface area (Å²) < 4.78 is 25.9. The van der Waals surface area contributed by atoms with Crippen molar-refractivity contribution < 1.29 is 18.3 Å². The van der Waals surface area contributed by atoms with E-state index in [-0.39, 0.29) is 17.3 Å². The minimum absolute atomic E-state index is 0.0720. The predicted octanol–water partition coefficient (Wildman–Crippen LogP) is 0.548. The molecule has 0 fully saturated rings. The lowest BCUT2D eigenvalue weighted by atomic mass is 10.2. The summed E-state index contributed by atoms with van der Waals surface area (Å²) in [4.78, 5) is 11.1. The molecule has 0 unspecified atom stereocenters. The van der Waals surface area contributed by atoms with Gasteiger partial charge in [-0.1, -0.05) is 12.1 Å². The zero-order valence-corrected chi connectivity index (χ0v) is 10.5. The molecule has 0 radical (unpaired) electrons. The zero-order valence-electron chi connectivity index (χ0n) is 9.67. The van der Waals surface area contributed by atoms with E-state index in [1.54, 1.807) is 6.92 Å².